The van der Waals surface area contributed by atoms with Gasteiger partial charge in [0.05, 0.1) is 10.6 Å². The molecule has 1 aromatic heterocycles. The number of aromatic nitrogens is 1. The lowest BCUT2D eigenvalue weighted by molar-refractivity contribution is -0.384. The summed E-state index contributed by atoms with van der Waals surface area (Å²) < 4.78 is 0. The molecule has 3 rings (SSSR count). The maximum Gasteiger partial charge on any atom is 0.293 e. The summed E-state index contributed by atoms with van der Waals surface area (Å²) in [6, 6.07) is 4.75. The Morgan fingerprint density at radius 1 is 1.45 bits per heavy atom. The first-order valence-corrected chi connectivity index (χ1v) is 7.69. The van der Waals surface area contributed by atoms with Crippen LogP contribution < -0.4 is 10.6 Å². The Balaban J connectivity index is 1.82. The quantitative estimate of drug-likeness (QED) is 0.652. The van der Waals surface area contributed by atoms with Crippen molar-refractivity contribution >= 4 is 33.8 Å². The minimum Gasteiger partial charge on any atom is -0.377 e. The van der Waals surface area contributed by atoms with E-state index in [1.54, 1.807) is 12.1 Å². The predicted octanol–water partition coefficient (Wildman–Crippen LogP) is 3.19. The van der Waals surface area contributed by atoms with E-state index in [4.69, 9.17) is 0 Å². The van der Waals surface area contributed by atoms with Gasteiger partial charge in [0.15, 0.2) is 5.13 Å². The molecule has 7 nitrogen and oxygen atoms in total. The monoisotopic (exact) mass is 318 g/mol. The van der Waals surface area contributed by atoms with Gasteiger partial charge in [-0.25, -0.2) is 4.98 Å². The SMILES string of the molecule is Cc1csc(NC(=O)c2ccc(NC3CC3)c([N+](=O)[O-])c2)n1. The third-order valence-electron chi connectivity index (χ3n) is 3.23. The Labute approximate surface area is 130 Å². The Kier molecular flexibility index (Phi) is 3.76. The number of carbonyl (C=O) groups excluding carboxylic acids is 1. The van der Waals surface area contributed by atoms with E-state index in [1.807, 2.05) is 12.3 Å². The number of hydrogen-bond acceptors (Lipinski definition) is 6. The zero-order valence-electron chi connectivity index (χ0n) is 11.8. The van der Waals surface area contributed by atoms with Crippen molar-refractivity contribution in [3.8, 4) is 0 Å². The van der Waals surface area contributed by atoms with Gasteiger partial charge in [-0.2, -0.15) is 0 Å². The van der Waals surface area contributed by atoms with Crippen LogP contribution in [0.4, 0.5) is 16.5 Å². The van der Waals surface area contributed by atoms with Gasteiger partial charge in [-0.15, -0.1) is 11.3 Å². The molecule has 114 valence electrons. The molecule has 0 radical (unpaired) electrons. The highest BCUT2D eigenvalue weighted by atomic mass is 32.1. The molecule has 0 unspecified atom stereocenters. The average molecular weight is 318 g/mol. The van der Waals surface area contributed by atoms with Crippen LogP contribution in [0.2, 0.25) is 0 Å². The van der Waals surface area contributed by atoms with Crippen molar-refractivity contribution in [1.82, 2.24) is 4.98 Å². The summed E-state index contributed by atoms with van der Waals surface area (Å²) >= 11 is 1.31. The molecule has 2 aromatic rings. The lowest BCUT2D eigenvalue weighted by Gasteiger charge is -2.07. The van der Waals surface area contributed by atoms with E-state index in [1.165, 1.54) is 17.4 Å². The van der Waals surface area contributed by atoms with E-state index in [0.717, 1.165) is 18.5 Å². The van der Waals surface area contributed by atoms with Crippen molar-refractivity contribution in [3.05, 3.63) is 45.0 Å². The molecule has 22 heavy (non-hydrogen) atoms. The summed E-state index contributed by atoms with van der Waals surface area (Å²) in [5.41, 5.74) is 1.42. The van der Waals surface area contributed by atoms with Crippen LogP contribution >= 0.6 is 11.3 Å². The molecule has 0 bridgehead atoms. The van der Waals surface area contributed by atoms with Crippen molar-refractivity contribution in [2.24, 2.45) is 0 Å². The Morgan fingerprint density at radius 2 is 2.23 bits per heavy atom. The molecule has 1 saturated carbocycles. The molecule has 1 fully saturated rings. The lowest BCUT2D eigenvalue weighted by atomic mass is 10.1. The lowest BCUT2D eigenvalue weighted by Crippen LogP contribution is -2.13. The maximum atomic E-state index is 12.2. The van der Waals surface area contributed by atoms with Crippen LogP contribution in [-0.4, -0.2) is 21.9 Å². The van der Waals surface area contributed by atoms with Crippen molar-refractivity contribution in [2.75, 3.05) is 10.6 Å². The van der Waals surface area contributed by atoms with Crippen LogP contribution in [0.1, 0.15) is 28.9 Å². The fourth-order valence-electron chi connectivity index (χ4n) is 1.97. The second-order valence-corrected chi connectivity index (χ2v) is 6.01. The molecule has 2 N–H and O–H groups in total. The van der Waals surface area contributed by atoms with E-state index in [9.17, 15) is 14.9 Å². The van der Waals surface area contributed by atoms with Gasteiger partial charge in [0.25, 0.3) is 11.6 Å². The van der Waals surface area contributed by atoms with Crippen LogP contribution in [0.15, 0.2) is 23.6 Å². The number of nitrogens with one attached hydrogen (secondary N) is 2. The largest absolute Gasteiger partial charge is 0.377 e. The first-order valence-electron chi connectivity index (χ1n) is 6.81. The molecule has 0 spiro atoms. The number of thiazole rings is 1. The molecular weight excluding hydrogens is 304 g/mol. The number of benzene rings is 1. The molecule has 1 aliphatic carbocycles. The van der Waals surface area contributed by atoms with Crippen LogP contribution in [0, 0.1) is 17.0 Å². The van der Waals surface area contributed by atoms with Gasteiger partial charge in [-0.3, -0.25) is 20.2 Å². The standard InChI is InChI=1S/C14H14N4O3S/c1-8-7-22-14(15-8)17-13(19)9-2-5-11(16-10-3-4-10)12(6-9)18(20)21/h2,5-7,10,16H,3-4H2,1H3,(H,15,17,19). The Hall–Kier alpha value is -2.48. The number of rotatable bonds is 5. The Bertz CT molecular complexity index is 739. The number of aryl methyl sites for hydroxylation is 1. The fraction of sp³-hybridized carbons (Fsp3) is 0.286. The molecule has 0 atom stereocenters. The van der Waals surface area contributed by atoms with E-state index in [0.29, 0.717) is 16.9 Å². The van der Waals surface area contributed by atoms with Crippen molar-refractivity contribution < 1.29 is 9.72 Å². The zero-order chi connectivity index (χ0) is 15.7. The van der Waals surface area contributed by atoms with Gasteiger partial charge in [0, 0.05) is 23.1 Å². The second kappa shape index (κ2) is 5.72. The normalized spacial score (nSPS) is 13.7. The van der Waals surface area contributed by atoms with Crippen LogP contribution in [0.25, 0.3) is 0 Å². The van der Waals surface area contributed by atoms with Gasteiger partial charge < -0.3 is 5.32 Å². The van der Waals surface area contributed by atoms with E-state index in [2.05, 4.69) is 15.6 Å². The number of nitrogens with zero attached hydrogens (tertiary/aromatic N) is 2. The van der Waals surface area contributed by atoms with Crippen molar-refractivity contribution in [2.45, 2.75) is 25.8 Å². The number of hydrogen-bond donors (Lipinski definition) is 2. The third kappa shape index (κ3) is 3.22. The van der Waals surface area contributed by atoms with Crippen LogP contribution in [0.5, 0.6) is 0 Å². The number of nitro benzene ring substituents is 1. The molecule has 1 aliphatic rings. The molecular formula is C14H14N4O3S. The Morgan fingerprint density at radius 3 is 2.82 bits per heavy atom. The maximum absolute atomic E-state index is 12.2. The first kappa shape index (κ1) is 14.5. The summed E-state index contributed by atoms with van der Waals surface area (Å²) in [6.45, 7) is 1.83. The molecule has 1 amide bonds. The summed E-state index contributed by atoms with van der Waals surface area (Å²) in [5, 5.41) is 19.2. The summed E-state index contributed by atoms with van der Waals surface area (Å²) in [6.07, 6.45) is 2.03. The highest BCUT2D eigenvalue weighted by Gasteiger charge is 2.25. The summed E-state index contributed by atoms with van der Waals surface area (Å²) in [4.78, 5) is 27.0. The highest BCUT2D eigenvalue weighted by molar-refractivity contribution is 7.13. The van der Waals surface area contributed by atoms with Gasteiger partial charge in [0.2, 0.25) is 0 Å². The number of amides is 1. The minimum absolute atomic E-state index is 0.0881. The van der Waals surface area contributed by atoms with Gasteiger partial charge in [0.1, 0.15) is 5.69 Å². The summed E-state index contributed by atoms with van der Waals surface area (Å²) in [5.74, 6) is -0.407. The van der Waals surface area contributed by atoms with Gasteiger partial charge in [-0.05, 0) is 31.9 Å². The van der Waals surface area contributed by atoms with Gasteiger partial charge >= 0.3 is 0 Å². The molecule has 0 aliphatic heterocycles. The summed E-state index contributed by atoms with van der Waals surface area (Å²) in [7, 11) is 0. The first-order chi connectivity index (χ1) is 10.5. The third-order valence-corrected chi connectivity index (χ3v) is 4.11. The topological polar surface area (TPSA) is 97.2 Å². The highest BCUT2D eigenvalue weighted by Crippen LogP contribution is 2.31. The smallest absolute Gasteiger partial charge is 0.293 e. The fourth-order valence-corrected chi connectivity index (χ4v) is 2.66. The van der Waals surface area contributed by atoms with E-state index in [-0.39, 0.29) is 11.3 Å². The number of anilines is 2. The predicted molar refractivity (Wildman–Crippen MR) is 84.5 cm³/mol. The van der Waals surface area contributed by atoms with Crippen molar-refractivity contribution in [1.29, 1.82) is 0 Å². The number of nitro groups is 1. The van der Waals surface area contributed by atoms with Crippen LogP contribution in [-0.2, 0) is 0 Å². The van der Waals surface area contributed by atoms with Crippen molar-refractivity contribution in [3.63, 3.8) is 0 Å². The molecule has 1 aromatic carbocycles. The van der Waals surface area contributed by atoms with Gasteiger partial charge in [-0.1, -0.05) is 0 Å². The molecule has 8 heteroatoms. The van der Waals surface area contributed by atoms with Crippen LogP contribution in [0.3, 0.4) is 0 Å². The molecule has 1 heterocycles. The second-order valence-electron chi connectivity index (χ2n) is 5.16. The average Bonchev–Trinajstić information content (AvgIpc) is 3.20. The number of carbonyl (C=O) groups is 1. The minimum atomic E-state index is -0.477. The zero-order valence-corrected chi connectivity index (χ0v) is 12.6. The van der Waals surface area contributed by atoms with E-state index < -0.39 is 10.8 Å². The molecule has 0 saturated heterocycles. The van der Waals surface area contributed by atoms with E-state index >= 15 is 0 Å².